The lowest BCUT2D eigenvalue weighted by molar-refractivity contribution is 0.0231. The van der Waals surface area contributed by atoms with Crippen molar-refractivity contribution in [3.05, 3.63) is 29.6 Å². The zero-order valence-electron chi connectivity index (χ0n) is 10.4. The van der Waals surface area contributed by atoms with Gasteiger partial charge < -0.3 is 9.84 Å². The van der Waals surface area contributed by atoms with Crippen LogP contribution in [0.3, 0.4) is 0 Å². The maximum atomic E-state index is 13.2. The predicted molar refractivity (Wildman–Crippen MR) is 67.0 cm³/mol. The minimum Gasteiger partial charge on any atom is -0.490 e. The van der Waals surface area contributed by atoms with E-state index in [-0.39, 0.29) is 11.9 Å². The highest BCUT2D eigenvalue weighted by molar-refractivity contribution is 5.37. The van der Waals surface area contributed by atoms with Crippen LogP contribution in [0.4, 0.5) is 4.39 Å². The van der Waals surface area contributed by atoms with E-state index in [9.17, 15) is 9.50 Å². The van der Waals surface area contributed by atoms with Gasteiger partial charge in [-0.25, -0.2) is 4.39 Å². The molecule has 1 aliphatic heterocycles. The molecule has 1 fully saturated rings. The van der Waals surface area contributed by atoms with E-state index in [0.717, 1.165) is 5.56 Å². The van der Waals surface area contributed by atoms with Gasteiger partial charge in [0, 0.05) is 18.1 Å². The molecule has 0 aromatic heterocycles. The summed E-state index contributed by atoms with van der Waals surface area (Å²) < 4.78 is 19.2. The van der Waals surface area contributed by atoms with Crippen LogP contribution in [0.1, 0.15) is 50.2 Å². The first-order chi connectivity index (χ1) is 8.74. The number of benzene rings is 1. The van der Waals surface area contributed by atoms with E-state index < -0.39 is 6.10 Å². The second-order valence-electron chi connectivity index (χ2n) is 5.49. The predicted octanol–water partition coefficient (Wildman–Crippen LogP) is 3.59. The van der Waals surface area contributed by atoms with E-state index >= 15 is 0 Å². The summed E-state index contributed by atoms with van der Waals surface area (Å²) in [6, 6.07) is 4.41. The van der Waals surface area contributed by atoms with Crippen molar-refractivity contribution in [2.45, 2.75) is 50.7 Å². The smallest absolute Gasteiger partial charge is 0.128 e. The normalized spacial score (nSPS) is 28.6. The Bertz CT molecular complexity index is 427. The quantitative estimate of drug-likeness (QED) is 0.825. The number of hydrogen-bond acceptors (Lipinski definition) is 2. The molecule has 1 aliphatic carbocycles. The summed E-state index contributed by atoms with van der Waals surface area (Å²) in [5, 5.41) is 10.2. The van der Waals surface area contributed by atoms with Crippen molar-refractivity contribution >= 4 is 0 Å². The van der Waals surface area contributed by atoms with E-state index in [4.69, 9.17) is 4.74 Å². The summed E-state index contributed by atoms with van der Waals surface area (Å²) in [5.41, 5.74) is 0.725. The zero-order chi connectivity index (χ0) is 12.5. The number of aliphatic hydroxyl groups is 1. The van der Waals surface area contributed by atoms with Gasteiger partial charge in [-0.1, -0.05) is 19.3 Å². The number of hydrogen-bond donors (Lipinski definition) is 1. The molecule has 18 heavy (non-hydrogen) atoms. The van der Waals surface area contributed by atoms with Crippen molar-refractivity contribution in [2.75, 3.05) is 0 Å². The molecule has 1 aromatic rings. The van der Waals surface area contributed by atoms with Crippen molar-refractivity contribution < 1.29 is 14.2 Å². The summed E-state index contributed by atoms with van der Waals surface area (Å²) in [5.74, 6) is 0.749. The van der Waals surface area contributed by atoms with E-state index in [1.807, 2.05) is 0 Å². The highest BCUT2D eigenvalue weighted by Crippen LogP contribution is 2.40. The van der Waals surface area contributed by atoms with Gasteiger partial charge in [-0.05, 0) is 30.9 Å². The lowest BCUT2D eigenvalue weighted by Gasteiger charge is -2.36. The topological polar surface area (TPSA) is 29.5 Å². The van der Waals surface area contributed by atoms with Crippen LogP contribution in [0.15, 0.2) is 18.2 Å². The lowest BCUT2D eigenvalue weighted by atomic mass is 9.81. The van der Waals surface area contributed by atoms with E-state index in [2.05, 4.69) is 0 Å². The number of rotatable bonds is 1. The molecule has 0 radical (unpaired) electrons. The first-order valence-corrected chi connectivity index (χ1v) is 6.88. The molecule has 1 saturated carbocycles. The molecule has 2 nitrogen and oxygen atoms in total. The van der Waals surface area contributed by atoms with Crippen LogP contribution in [0.25, 0.3) is 0 Å². The van der Waals surface area contributed by atoms with Crippen molar-refractivity contribution in [3.8, 4) is 5.75 Å². The van der Waals surface area contributed by atoms with Gasteiger partial charge in [0.1, 0.15) is 17.7 Å². The molecule has 3 heteroatoms. The molecule has 0 amide bonds. The SMILES string of the molecule is OC1CC(C2CCCCC2)Oc2cc(F)ccc21. The minimum absolute atomic E-state index is 0.0506. The Morgan fingerprint density at radius 2 is 1.94 bits per heavy atom. The summed E-state index contributed by atoms with van der Waals surface area (Å²) in [6.07, 6.45) is 6.31. The minimum atomic E-state index is -0.513. The summed E-state index contributed by atoms with van der Waals surface area (Å²) in [4.78, 5) is 0. The number of halogens is 1. The highest BCUT2D eigenvalue weighted by atomic mass is 19.1. The molecular formula is C15H19FO2. The molecule has 3 rings (SSSR count). The van der Waals surface area contributed by atoms with Crippen LogP contribution in [0, 0.1) is 11.7 Å². The molecule has 0 bridgehead atoms. The van der Waals surface area contributed by atoms with Gasteiger partial charge in [-0.2, -0.15) is 0 Å². The number of fused-ring (bicyclic) bond motifs is 1. The lowest BCUT2D eigenvalue weighted by Crippen LogP contribution is -2.34. The van der Waals surface area contributed by atoms with Gasteiger partial charge in [-0.15, -0.1) is 0 Å². The molecule has 2 unspecified atom stereocenters. The van der Waals surface area contributed by atoms with Crippen LogP contribution in [0.2, 0.25) is 0 Å². The fraction of sp³-hybridized carbons (Fsp3) is 0.600. The average Bonchev–Trinajstić information content (AvgIpc) is 2.39. The van der Waals surface area contributed by atoms with E-state index in [0.29, 0.717) is 18.1 Å². The van der Waals surface area contributed by atoms with Crippen molar-refractivity contribution in [1.29, 1.82) is 0 Å². The Balaban J connectivity index is 1.81. The second-order valence-corrected chi connectivity index (χ2v) is 5.49. The molecule has 0 spiro atoms. The molecule has 98 valence electrons. The fourth-order valence-corrected chi connectivity index (χ4v) is 3.24. The standard InChI is InChI=1S/C15H19FO2/c16-11-6-7-12-13(17)9-14(18-15(12)8-11)10-4-2-1-3-5-10/h6-8,10,13-14,17H,1-5,9H2. The zero-order valence-corrected chi connectivity index (χ0v) is 10.4. The third-order valence-electron chi connectivity index (χ3n) is 4.24. The second kappa shape index (κ2) is 4.88. The maximum Gasteiger partial charge on any atom is 0.128 e. The van der Waals surface area contributed by atoms with Crippen LogP contribution < -0.4 is 4.74 Å². The van der Waals surface area contributed by atoms with E-state index in [1.165, 1.54) is 44.2 Å². The van der Waals surface area contributed by atoms with Gasteiger partial charge in [-0.3, -0.25) is 0 Å². The molecule has 1 N–H and O–H groups in total. The molecule has 1 heterocycles. The largest absolute Gasteiger partial charge is 0.490 e. The van der Waals surface area contributed by atoms with Crippen molar-refractivity contribution in [3.63, 3.8) is 0 Å². The Morgan fingerprint density at radius 3 is 2.72 bits per heavy atom. The molecule has 1 aromatic carbocycles. The molecule has 0 saturated heterocycles. The first kappa shape index (κ1) is 12.0. The van der Waals surface area contributed by atoms with Crippen LogP contribution in [0.5, 0.6) is 5.75 Å². The third kappa shape index (κ3) is 2.24. The monoisotopic (exact) mass is 250 g/mol. The van der Waals surface area contributed by atoms with E-state index in [1.54, 1.807) is 6.07 Å². The Morgan fingerprint density at radius 1 is 1.17 bits per heavy atom. The number of aliphatic hydroxyl groups excluding tert-OH is 1. The molecule has 2 aliphatic rings. The van der Waals surface area contributed by atoms with Gasteiger partial charge in [0.2, 0.25) is 0 Å². The molecule has 2 atom stereocenters. The Labute approximate surface area is 107 Å². The Kier molecular flexibility index (Phi) is 3.25. The third-order valence-corrected chi connectivity index (χ3v) is 4.24. The fourth-order valence-electron chi connectivity index (χ4n) is 3.24. The summed E-state index contributed by atoms with van der Waals surface area (Å²) in [6.45, 7) is 0. The highest BCUT2D eigenvalue weighted by Gasteiger charge is 2.33. The summed E-state index contributed by atoms with van der Waals surface area (Å²) in [7, 11) is 0. The van der Waals surface area contributed by atoms with Gasteiger partial charge >= 0.3 is 0 Å². The summed E-state index contributed by atoms with van der Waals surface area (Å²) >= 11 is 0. The Hall–Kier alpha value is -1.09. The maximum absolute atomic E-state index is 13.2. The van der Waals surface area contributed by atoms with Crippen molar-refractivity contribution in [1.82, 2.24) is 0 Å². The van der Waals surface area contributed by atoms with Crippen LogP contribution in [-0.2, 0) is 0 Å². The van der Waals surface area contributed by atoms with Crippen molar-refractivity contribution in [2.24, 2.45) is 5.92 Å². The molecular weight excluding hydrogens is 231 g/mol. The average molecular weight is 250 g/mol. The van der Waals surface area contributed by atoms with Crippen LogP contribution in [-0.4, -0.2) is 11.2 Å². The van der Waals surface area contributed by atoms with Gasteiger partial charge in [0.15, 0.2) is 0 Å². The van der Waals surface area contributed by atoms with Crippen LogP contribution >= 0.6 is 0 Å². The van der Waals surface area contributed by atoms with Gasteiger partial charge in [0.25, 0.3) is 0 Å². The van der Waals surface area contributed by atoms with Gasteiger partial charge in [0.05, 0.1) is 6.10 Å². The number of ether oxygens (including phenoxy) is 1. The first-order valence-electron chi connectivity index (χ1n) is 6.88.